The van der Waals surface area contributed by atoms with Crippen LogP contribution in [0.15, 0.2) is 0 Å². The van der Waals surface area contributed by atoms with Gasteiger partial charge in [-0.05, 0) is 0 Å². The molecular formula is C7H10O3. The lowest BCUT2D eigenvalue weighted by Gasteiger charge is -1.97. The van der Waals surface area contributed by atoms with E-state index in [9.17, 15) is 4.79 Å². The average Bonchev–Trinajstić information content (AvgIpc) is 1.89. The third-order valence-electron chi connectivity index (χ3n) is 0.754. The summed E-state index contributed by atoms with van der Waals surface area (Å²) in [7, 11) is 1.46. The van der Waals surface area contributed by atoms with Crippen LogP contribution in [0.1, 0.15) is 0 Å². The number of rotatable bonds is 5. The third-order valence-corrected chi connectivity index (χ3v) is 0.754. The van der Waals surface area contributed by atoms with E-state index in [1.165, 1.54) is 7.11 Å². The lowest BCUT2D eigenvalue weighted by Crippen LogP contribution is -2.14. The normalized spacial score (nSPS) is 8.80. The van der Waals surface area contributed by atoms with Crippen LogP contribution in [0.5, 0.6) is 0 Å². The molecule has 0 saturated carbocycles. The molecule has 0 heterocycles. The minimum absolute atomic E-state index is 0.0397. The summed E-state index contributed by atoms with van der Waals surface area (Å²) in [5.74, 6) is 2.15. The second kappa shape index (κ2) is 6.27. The summed E-state index contributed by atoms with van der Waals surface area (Å²) in [6, 6.07) is 0. The van der Waals surface area contributed by atoms with Gasteiger partial charge in [0.2, 0.25) is 0 Å². The van der Waals surface area contributed by atoms with E-state index in [1.54, 1.807) is 0 Å². The van der Waals surface area contributed by atoms with E-state index in [-0.39, 0.29) is 25.6 Å². The Morgan fingerprint density at radius 2 is 2.30 bits per heavy atom. The molecule has 0 aliphatic carbocycles. The third kappa shape index (κ3) is 5.29. The first kappa shape index (κ1) is 9.15. The predicted octanol–water partition coefficient (Wildman–Crippen LogP) is -0.148. The Bertz CT molecular complexity index is 134. The number of terminal acetylenes is 1. The molecule has 0 rings (SSSR count). The Balaban J connectivity index is 3.15. The minimum atomic E-state index is -0.0993. The van der Waals surface area contributed by atoms with Crippen LogP contribution in [0, 0.1) is 12.3 Å². The number of carbonyl (C=O) groups excluding carboxylic acids is 1. The zero-order valence-electron chi connectivity index (χ0n) is 5.92. The summed E-state index contributed by atoms with van der Waals surface area (Å²) in [5.41, 5.74) is 0. The Morgan fingerprint density at radius 1 is 1.60 bits per heavy atom. The molecule has 10 heavy (non-hydrogen) atoms. The summed E-state index contributed by atoms with van der Waals surface area (Å²) >= 11 is 0. The maximum atomic E-state index is 10.6. The van der Waals surface area contributed by atoms with Crippen LogP contribution in [-0.2, 0) is 14.3 Å². The van der Waals surface area contributed by atoms with E-state index >= 15 is 0 Å². The summed E-state index contributed by atoms with van der Waals surface area (Å²) < 4.78 is 9.28. The topological polar surface area (TPSA) is 35.5 Å². The molecule has 0 bridgehead atoms. The van der Waals surface area contributed by atoms with Crippen molar-refractivity contribution in [3.05, 3.63) is 0 Å². The molecule has 3 nitrogen and oxygen atoms in total. The number of hydrogen-bond acceptors (Lipinski definition) is 3. The molecule has 0 spiro atoms. The summed E-state index contributed by atoms with van der Waals surface area (Å²) in [6.07, 6.45) is 4.87. The number of hydrogen-bond donors (Lipinski definition) is 0. The number of methoxy groups -OCH3 is 1. The summed E-state index contributed by atoms with van der Waals surface area (Å²) in [6.45, 7) is 0.304. The molecule has 0 radical (unpaired) electrons. The molecule has 0 aromatic rings. The summed E-state index contributed by atoms with van der Waals surface area (Å²) in [4.78, 5) is 10.6. The first-order valence-corrected chi connectivity index (χ1v) is 2.83. The van der Waals surface area contributed by atoms with Crippen molar-refractivity contribution in [2.75, 3.05) is 26.9 Å². The highest BCUT2D eigenvalue weighted by Gasteiger charge is 1.98. The quantitative estimate of drug-likeness (QED) is 0.395. The Hall–Kier alpha value is -0.850. The van der Waals surface area contributed by atoms with Gasteiger partial charge < -0.3 is 9.47 Å². The molecule has 56 valence electrons. The van der Waals surface area contributed by atoms with Crippen molar-refractivity contribution in [1.82, 2.24) is 0 Å². The van der Waals surface area contributed by atoms with Crippen LogP contribution in [0.2, 0.25) is 0 Å². The van der Waals surface area contributed by atoms with Crippen LogP contribution in [-0.4, -0.2) is 32.7 Å². The fourth-order valence-corrected chi connectivity index (χ4v) is 0.426. The van der Waals surface area contributed by atoms with Gasteiger partial charge in [-0.1, -0.05) is 5.92 Å². The van der Waals surface area contributed by atoms with Crippen LogP contribution < -0.4 is 0 Å². The molecule has 0 aromatic heterocycles. The Morgan fingerprint density at radius 3 is 2.80 bits per heavy atom. The van der Waals surface area contributed by atoms with Gasteiger partial charge in [-0.3, -0.25) is 4.79 Å². The van der Waals surface area contributed by atoms with Crippen molar-refractivity contribution in [2.24, 2.45) is 0 Å². The van der Waals surface area contributed by atoms with Gasteiger partial charge in [0, 0.05) is 7.11 Å². The predicted molar refractivity (Wildman–Crippen MR) is 36.5 cm³/mol. The van der Waals surface area contributed by atoms with Crippen LogP contribution >= 0.6 is 0 Å². The van der Waals surface area contributed by atoms with Gasteiger partial charge in [-0.2, -0.15) is 0 Å². The first-order valence-electron chi connectivity index (χ1n) is 2.83. The van der Waals surface area contributed by atoms with E-state index in [0.717, 1.165) is 0 Å². The van der Waals surface area contributed by atoms with Gasteiger partial charge >= 0.3 is 0 Å². The molecule has 0 N–H and O–H groups in total. The molecule has 0 aliphatic heterocycles. The second-order valence-electron chi connectivity index (χ2n) is 1.67. The van der Waals surface area contributed by atoms with Crippen LogP contribution in [0.4, 0.5) is 0 Å². The van der Waals surface area contributed by atoms with Crippen LogP contribution in [0.25, 0.3) is 0 Å². The van der Waals surface area contributed by atoms with Gasteiger partial charge in [-0.25, -0.2) is 0 Å². The van der Waals surface area contributed by atoms with Crippen molar-refractivity contribution in [2.45, 2.75) is 0 Å². The van der Waals surface area contributed by atoms with Gasteiger partial charge in [-0.15, -0.1) is 6.42 Å². The molecule has 0 aromatic carbocycles. The Labute approximate surface area is 60.3 Å². The SMILES string of the molecule is C#CCOCC(=O)COC. The molecule has 3 heteroatoms. The molecule has 0 aliphatic rings. The van der Waals surface area contributed by atoms with E-state index in [2.05, 4.69) is 10.7 Å². The van der Waals surface area contributed by atoms with Gasteiger partial charge in [0.1, 0.15) is 19.8 Å². The van der Waals surface area contributed by atoms with Crippen molar-refractivity contribution in [3.63, 3.8) is 0 Å². The number of ether oxygens (including phenoxy) is 2. The Kier molecular flexibility index (Phi) is 5.74. The average molecular weight is 142 g/mol. The van der Waals surface area contributed by atoms with Gasteiger partial charge in [0.25, 0.3) is 0 Å². The minimum Gasteiger partial charge on any atom is -0.377 e. The molecule has 0 amide bonds. The summed E-state index contributed by atoms with van der Waals surface area (Å²) in [5, 5.41) is 0. The van der Waals surface area contributed by atoms with E-state index in [4.69, 9.17) is 11.2 Å². The standard InChI is InChI=1S/C7H10O3/c1-3-4-10-6-7(8)5-9-2/h1H,4-6H2,2H3. The highest BCUT2D eigenvalue weighted by Crippen LogP contribution is 1.77. The molecular weight excluding hydrogens is 132 g/mol. The van der Waals surface area contributed by atoms with E-state index < -0.39 is 0 Å². The lowest BCUT2D eigenvalue weighted by molar-refractivity contribution is -0.126. The highest BCUT2D eigenvalue weighted by atomic mass is 16.5. The second-order valence-corrected chi connectivity index (χ2v) is 1.67. The molecule has 0 atom stereocenters. The lowest BCUT2D eigenvalue weighted by atomic mass is 10.4. The van der Waals surface area contributed by atoms with Crippen molar-refractivity contribution < 1.29 is 14.3 Å². The smallest absolute Gasteiger partial charge is 0.184 e. The molecule has 0 fully saturated rings. The van der Waals surface area contributed by atoms with Crippen molar-refractivity contribution >= 4 is 5.78 Å². The highest BCUT2D eigenvalue weighted by molar-refractivity contribution is 5.80. The fraction of sp³-hybridized carbons (Fsp3) is 0.571. The van der Waals surface area contributed by atoms with Crippen LogP contribution in [0.3, 0.4) is 0 Å². The van der Waals surface area contributed by atoms with Crippen molar-refractivity contribution in [1.29, 1.82) is 0 Å². The van der Waals surface area contributed by atoms with Crippen molar-refractivity contribution in [3.8, 4) is 12.3 Å². The maximum Gasteiger partial charge on any atom is 0.184 e. The van der Waals surface area contributed by atoms with E-state index in [1.807, 2.05) is 0 Å². The zero-order chi connectivity index (χ0) is 7.82. The number of ketones is 1. The van der Waals surface area contributed by atoms with E-state index in [0.29, 0.717) is 0 Å². The number of Topliss-reactive ketones (excluding diaryl/α,β-unsaturated/α-hetero) is 1. The van der Waals surface area contributed by atoms with Gasteiger partial charge in [0.15, 0.2) is 5.78 Å². The largest absolute Gasteiger partial charge is 0.377 e. The molecule has 0 unspecified atom stereocenters. The zero-order valence-corrected chi connectivity index (χ0v) is 5.92. The monoisotopic (exact) mass is 142 g/mol. The van der Waals surface area contributed by atoms with Gasteiger partial charge in [0.05, 0.1) is 0 Å². The maximum absolute atomic E-state index is 10.6. The fourth-order valence-electron chi connectivity index (χ4n) is 0.426. The first-order chi connectivity index (χ1) is 4.81. The number of carbonyl (C=O) groups is 1. The molecule has 0 saturated heterocycles.